The number of ether oxygens (including phenoxy) is 1. The van der Waals surface area contributed by atoms with Crippen LogP contribution < -0.4 is 0 Å². The maximum absolute atomic E-state index is 12.9. The number of benzene rings is 2. The number of esters is 1. The summed E-state index contributed by atoms with van der Waals surface area (Å²) in [5, 5.41) is 7.76. The number of aryl methyl sites for hydroxylation is 1. The van der Waals surface area contributed by atoms with Crippen molar-refractivity contribution in [3.8, 4) is 22.3 Å². The second kappa shape index (κ2) is 7.91. The first-order valence-electron chi connectivity index (χ1n) is 9.72. The van der Waals surface area contributed by atoms with E-state index in [1.165, 1.54) is 0 Å². The molecule has 6 heteroatoms. The van der Waals surface area contributed by atoms with E-state index < -0.39 is 5.97 Å². The minimum atomic E-state index is -0.423. The van der Waals surface area contributed by atoms with Crippen LogP contribution in [0, 0.1) is 6.92 Å². The van der Waals surface area contributed by atoms with Crippen molar-refractivity contribution in [3.63, 3.8) is 0 Å². The van der Waals surface area contributed by atoms with Crippen LogP contribution in [-0.2, 0) is 4.74 Å². The van der Waals surface area contributed by atoms with E-state index in [1.54, 1.807) is 33.0 Å². The minimum Gasteiger partial charge on any atom is -0.462 e. The Hall–Kier alpha value is -3.80. The Morgan fingerprint density at radius 3 is 2.57 bits per heavy atom. The van der Waals surface area contributed by atoms with Gasteiger partial charge in [0, 0.05) is 16.5 Å². The number of aromatic amines is 1. The van der Waals surface area contributed by atoms with E-state index in [-0.39, 0.29) is 12.4 Å². The monoisotopic (exact) mass is 399 g/mol. The summed E-state index contributed by atoms with van der Waals surface area (Å²) < 4.78 is 5.34. The van der Waals surface area contributed by atoms with Gasteiger partial charge in [0.25, 0.3) is 0 Å². The van der Waals surface area contributed by atoms with Crippen LogP contribution in [0.15, 0.2) is 54.7 Å². The molecule has 0 bridgehead atoms. The molecule has 2 aromatic heterocycles. The Kier molecular flexibility index (Phi) is 5.14. The van der Waals surface area contributed by atoms with Crippen LogP contribution in [0.5, 0.6) is 0 Å². The Balaban J connectivity index is 2.04. The number of hydrogen-bond acceptors (Lipinski definition) is 5. The van der Waals surface area contributed by atoms with Gasteiger partial charge in [-0.1, -0.05) is 42.5 Å². The summed E-state index contributed by atoms with van der Waals surface area (Å²) in [6.07, 6.45) is 1.67. The minimum absolute atomic E-state index is 0.00137. The molecule has 0 unspecified atom stereocenters. The highest BCUT2D eigenvalue weighted by Crippen LogP contribution is 2.39. The Morgan fingerprint density at radius 2 is 1.83 bits per heavy atom. The van der Waals surface area contributed by atoms with Crippen molar-refractivity contribution in [3.05, 3.63) is 71.5 Å². The summed E-state index contributed by atoms with van der Waals surface area (Å²) >= 11 is 0. The van der Waals surface area contributed by atoms with E-state index in [4.69, 9.17) is 4.74 Å². The van der Waals surface area contributed by atoms with E-state index in [9.17, 15) is 9.59 Å². The largest absolute Gasteiger partial charge is 0.462 e. The number of fused-ring (bicyclic) bond motifs is 1. The number of carbonyl (C=O) groups excluding carboxylic acids is 2. The smallest absolute Gasteiger partial charge is 0.340 e. The molecule has 4 rings (SSSR count). The van der Waals surface area contributed by atoms with Crippen LogP contribution in [0.4, 0.5) is 0 Å². The predicted molar refractivity (Wildman–Crippen MR) is 115 cm³/mol. The summed E-state index contributed by atoms with van der Waals surface area (Å²) in [5.41, 5.74) is 5.56. The number of pyridine rings is 1. The van der Waals surface area contributed by atoms with Crippen molar-refractivity contribution in [2.45, 2.75) is 20.8 Å². The number of nitrogens with one attached hydrogen (secondary N) is 1. The van der Waals surface area contributed by atoms with Gasteiger partial charge in [0.15, 0.2) is 11.4 Å². The molecule has 0 saturated carbocycles. The SMILES string of the molecule is CCOC(=O)c1c(C)nc2[nH]ncc2c1-c1ccccc1-c1cccc(C(C)=O)c1. The molecular formula is C24H21N3O3. The van der Waals surface area contributed by atoms with Gasteiger partial charge in [-0.3, -0.25) is 9.89 Å². The number of ketones is 1. The van der Waals surface area contributed by atoms with Crippen molar-refractivity contribution in [1.82, 2.24) is 15.2 Å². The van der Waals surface area contributed by atoms with Crippen molar-refractivity contribution < 1.29 is 14.3 Å². The Labute approximate surface area is 173 Å². The molecule has 1 N–H and O–H groups in total. The third kappa shape index (κ3) is 3.37. The lowest BCUT2D eigenvalue weighted by atomic mass is 9.89. The van der Waals surface area contributed by atoms with Gasteiger partial charge in [-0.25, -0.2) is 9.78 Å². The van der Waals surface area contributed by atoms with Crippen LogP contribution in [0.1, 0.15) is 40.3 Å². The molecule has 0 amide bonds. The standard InChI is InChI=1S/C24H21N3O3/c1-4-30-24(29)21-14(2)26-23-20(13-25-27-23)22(21)19-11-6-5-10-18(19)17-9-7-8-16(12-17)15(3)28/h5-13H,4H2,1-3H3,(H,25,26,27). The molecule has 0 fully saturated rings. The zero-order chi connectivity index (χ0) is 21.3. The molecule has 2 heterocycles. The highest BCUT2D eigenvalue weighted by atomic mass is 16.5. The normalized spacial score (nSPS) is 10.9. The maximum Gasteiger partial charge on any atom is 0.340 e. The summed E-state index contributed by atoms with van der Waals surface area (Å²) in [6, 6.07) is 15.3. The third-order valence-electron chi connectivity index (χ3n) is 5.04. The van der Waals surface area contributed by atoms with Gasteiger partial charge in [-0.05, 0) is 43.5 Å². The van der Waals surface area contributed by atoms with Gasteiger partial charge >= 0.3 is 5.97 Å². The molecule has 4 aromatic rings. The number of aromatic nitrogens is 3. The van der Waals surface area contributed by atoms with Crippen LogP contribution in [-0.4, -0.2) is 33.5 Å². The fourth-order valence-electron chi connectivity index (χ4n) is 3.68. The van der Waals surface area contributed by atoms with Crippen molar-refractivity contribution in [2.24, 2.45) is 0 Å². The topological polar surface area (TPSA) is 84.9 Å². The van der Waals surface area contributed by atoms with Gasteiger partial charge in [-0.2, -0.15) is 5.10 Å². The van der Waals surface area contributed by atoms with Gasteiger partial charge in [0.1, 0.15) is 0 Å². The first kappa shape index (κ1) is 19.5. The zero-order valence-electron chi connectivity index (χ0n) is 17.0. The molecule has 150 valence electrons. The first-order chi connectivity index (χ1) is 14.5. The maximum atomic E-state index is 12.9. The number of nitrogens with zero attached hydrogens (tertiary/aromatic N) is 2. The quantitative estimate of drug-likeness (QED) is 0.378. The summed E-state index contributed by atoms with van der Waals surface area (Å²) in [5.74, 6) is -0.425. The summed E-state index contributed by atoms with van der Waals surface area (Å²) in [4.78, 5) is 29.3. The fraction of sp³-hybridized carbons (Fsp3) is 0.167. The molecule has 0 radical (unpaired) electrons. The second-order valence-corrected chi connectivity index (χ2v) is 6.98. The zero-order valence-corrected chi connectivity index (χ0v) is 17.0. The highest BCUT2D eigenvalue weighted by molar-refractivity contribution is 6.09. The molecule has 0 spiro atoms. The summed E-state index contributed by atoms with van der Waals surface area (Å²) in [7, 11) is 0. The van der Waals surface area contributed by atoms with Crippen LogP contribution >= 0.6 is 0 Å². The van der Waals surface area contributed by atoms with Crippen LogP contribution in [0.25, 0.3) is 33.3 Å². The number of rotatable bonds is 5. The van der Waals surface area contributed by atoms with Crippen LogP contribution in [0.2, 0.25) is 0 Å². The Morgan fingerprint density at radius 1 is 1.07 bits per heavy atom. The number of H-pyrrole nitrogens is 1. The van der Waals surface area contributed by atoms with Crippen molar-refractivity contribution in [1.29, 1.82) is 0 Å². The lowest BCUT2D eigenvalue weighted by Gasteiger charge is -2.16. The number of hydrogen-bond donors (Lipinski definition) is 1. The van der Waals surface area contributed by atoms with Gasteiger partial charge in [-0.15, -0.1) is 0 Å². The average molecular weight is 399 g/mol. The molecule has 0 saturated heterocycles. The van der Waals surface area contributed by atoms with E-state index in [0.717, 1.165) is 22.1 Å². The van der Waals surface area contributed by atoms with Gasteiger partial charge < -0.3 is 4.74 Å². The number of Topliss-reactive ketones (excluding diaryl/α,β-unsaturated/α-hetero) is 1. The van der Waals surface area contributed by atoms with E-state index >= 15 is 0 Å². The molecule has 0 aliphatic rings. The Bertz CT molecular complexity index is 1270. The van der Waals surface area contributed by atoms with E-state index in [0.29, 0.717) is 28.0 Å². The van der Waals surface area contributed by atoms with Crippen molar-refractivity contribution >= 4 is 22.8 Å². The van der Waals surface area contributed by atoms with E-state index in [2.05, 4.69) is 15.2 Å². The molecule has 0 atom stereocenters. The van der Waals surface area contributed by atoms with Gasteiger partial charge in [0.2, 0.25) is 0 Å². The van der Waals surface area contributed by atoms with Gasteiger partial charge in [0.05, 0.1) is 24.1 Å². The summed E-state index contributed by atoms with van der Waals surface area (Å²) in [6.45, 7) is 5.38. The predicted octanol–water partition coefficient (Wildman–Crippen LogP) is 4.98. The fourth-order valence-corrected chi connectivity index (χ4v) is 3.68. The second-order valence-electron chi connectivity index (χ2n) is 6.98. The molecular weight excluding hydrogens is 378 g/mol. The van der Waals surface area contributed by atoms with Crippen molar-refractivity contribution in [2.75, 3.05) is 6.61 Å². The molecule has 2 aromatic carbocycles. The molecule has 0 aliphatic heterocycles. The van der Waals surface area contributed by atoms with Crippen LogP contribution in [0.3, 0.4) is 0 Å². The highest BCUT2D eigenvalue weighted by Gasteiger charge is 2.24. The lowest BCUT2D eigenvalue weighted by molar-refractivity contribution is 0.0526. The molecule has 0 aliphatic carbocycles. The average Bonchev–Trinajstić information content (AvgIpc) is 3.21. The lowest BCUT2D eigenvalue weighted by Crippen LogP contribution is -2.10. The molecule has 6 nitrogen and oxygen atoms in total. The number of carbonyl (C=O) groups is 2. The third-order valence-corrected chi connectivity index (χ3v) is 5.04. The van der Waals surface area contributed by atoms with E-state index in [1.807, 2.05) is 42.5 Å². The first-order valence-corrected chi connectivity index (χ1v) is 9.72. The molecule has 30 heavy (non-hydrogen) atoms.